The Morgan fingerprint density at radius 2 is 1.70 bits per heavy atom. The third-order valence-corrected chi connectivity index (χ3v) is 4.79. The van der Waals surface area contributed by atoms with Crippen LogP contribution in [-0.2, 0) is 24.2 Å². The number of benzene rings is 2. The molecule has 0 bridgehead atoms. The van der Waals surface area contributed by atoms with Gasteiger partial charge in [-0.3, -0.25) is 15.2 Å². The molecule has 3 N–H and O–H groups in total. The number of ether oxygens (including phenoxy) is 1. The normalized spacial score (nSPS) is 11.4. The highest BCUT2D eigenvalue weighted by Gasteiger charge is 2.20. The number of aliphatic imine (C=N–C) groups is 1. The predicted molar refractivity (Wildman–Crippen MR) is 124 cm³/mol. The van der Waals surface area contributed by atoms with E-state index in [1.54, 1.807) is 4.90 Å². The van der Waals surface area contributed by atoms with Crippen molar-refractivity contribution in [2.45, 2.75) is 46.6 Å². The summed E-state index contributed by atoms with van der Waals surface area (Å²) in [7, 11) is 0. The molecule has 2 aromatic rings. The summed E-state index contributed by atoms with van der Waals surface area (Å²) in [4.78, 5) is 19.0. The van der Waals surface area contributed by atoms with E-state index < -0.39 is 0 Å². The second-order valence-corrected chi connectivity index (χ2v) is 7.02. The van der Waals surface area contributed by atoms with E-state index in [2.05, 4.69) is 49.3 Å². The lowest BCUT2D eigenvalue weighted by Gasteiger charge is -2.27. The molecule has 162 valence electrons. The topological polar surface area (TPSA) is 80.0 Å². The van der Waals surface area contributed by atoms with E-state index in [9.17, 15) is 4.79 Å². The second kappa shape index (κ2) is 12.6. The highest BCUT2D eigenvalue weighted by Crippen LogP contribution is 2.27. The molecule has 2 amide bonds. The van der Waals surface area contributed by atoms with Crippen molar-refractivity contribution >= 4 is 17.7 Å². The summed E-state index contributed by atoms with van der Waals surface area (Å²) >= 11 is 0. The molecule has 30 heavy (non-hydrogen) atoms. The molecular formula is C24H34N4O2. The third-order valence-electron chi connectivity index (χ3n) is 4.79. The average Bonchev–Trinajstić information content (AvgIpc) is 2.77. The lowest BCUT2D eigenvalue weighted by molar-refractivity contribution is 0.128. The molecule has 0 heterocycles. The summed E-state index contributed by atoms with van der Waals surface area (Å²) in [5, 5.41) is 2.73. The van der Waals surface area contributed by atoms with Crippen LogP contribution in [0, 0.1) is 0 Å². The maximum absolute atomic E-state index is 13.0. The van der Waals surface area contributed by atoms with Crippen LogP contribution in [0.15, 0.2) is 53.5 Å². The number of hydrogen-bond acceptors (Lipinski definition) is 3. The zero-order chi connectivity index (χ0) is 21.8. The minimum absolute atomic E-state index is 0.108. The molecule has 0 fully saturated rings. The smallest absolute Gasteiger partial charge is 0.328 e. The molecule has 0 aliphatic heterocycles. The molecule has 0 spiro atoms. The van der Waals surface area contributed by atoms with Gasteiger partial charge in [0.2, 0.25) is 0 Å². The number of guanidine groups is 1. The summed E-state index contributed by atoms with van der Waals surface area (Å²) in [5.41, 5.74) is 10.4. The molecular weight excluding hydrogens is 376 g/mol. The fourth-order valence-electron chi connectivity index (χ4n) is 3.31. The van der Waals surface area contributed by atoms with Crippen molar-refractivity contribution in [3.8, 4) is 0 Å². The first kappa shape index (κ1) is 23.4. The highest BCUT2D eigenvalue weighted by atomic mass is 16.5. The maximum Gasteiger partial charge on any atom is 0.328 e. The van der Waals surface area contributed by atoms with Crippen LogP contribution in [-0.4, -0.2) is 31.7 Å². The van der Waals surface area contributed by atoms with Gasteiger partial charge in [-0.25, -0.2) is 4.79 Å². The van der Waals surface area contributed by atoms with Crippen molar-refractivity contribution < 1.29 is 9.53 Å². The van der Waals surface area contributed by atoms with E-state index >= 15 is 0 Å². The summed E-state index contributed by atoms with van der Waals surface area (Å²) < 4.78 is 5.61. The lowest BCUT2D eigenvalue weighted by Crippen LogP contribution is -2.47. The molecule has 0 aliphatic rings. The first-order chi connectivity index (χ1) is 14.6. The van der Waals surface area contributed by atoms with Crippen LogP contribution in [0.25, 0.3) is 0 Å². The summed E-state index contributed by atoms with van der Waals surface area (Å²) in [6.45, 7) is 8.23. The number of nitrogens with one attached hydrogen (secondary N) is 1. The zero-order valence-corrected chi connectivity index (χ0v) is 18.4. The largest absolute Gasteiger partial charge is 0.375 e. The van der Waals surface area contributed by atoms with Gasteiger partial charge in [-0.05, 0) is 36.0 Å². The Labute approximate surface area is 180 Å². The van der Waals surface area contributed by atoms with E-state index in [4.69, 9.17) is 10.5 Å². The van der Waals surface area contributed by atoms with Gasteiger partial charge >= 0.3 is 6.03 Å². The number of hydrogen-bond donors (Lipinski definition) is 2. The first-order valence-electron chi connectivity index (χ1n) is 10.7. The van der Waals surface area contributed by atoms with Crippen molar-refractivity contribution in [2.75, 3.05) is 24.6 Å². The molecule has 2 aromatic carbocycles. The Balaban J connectivity index is 1.96. The van der Waals surface area contributed by atoms with Gasteiger partial charge in [0.1, 0.15) is 0 Å². The van der Waals surface area contributed by atoms with Crippen molar-refractivity contribution in [3.05, 3.63) is 65.2 Å². The van der Waals surface area contributed by atoms with Crippen LogP contribution >= 0.6 is 0 Å². The lowest BCUT2D eigenvalue weighted by atomic mass is 10.0. The number of amides is 2. The van der Waals surface area contributed by atoms with Crippen molar-refractivity contribution in [3.63, 3.8) is 0 Å². The van der Waals surface area contributed by atoms with Gasteiger partial charge in [-0.15, -0.1) is 0 Å². The fourth-order valence-corrected chi connectivity index (χ4v) is 3.31. The highest BCUT2D eigenvalue weighted by molar-refractivity contribution is 6.04. The van der Waals surface area contributed by atoms with Crippen LogP contribution in [0.2, 0.25) is 0 Å². The van der Waals surface area contributed by atoms with Crippen LogP contribution < -0.4 is 16.0 Å². The molecule has 0 aliphatic carbocycles. The van der Waals surface area contributed by atoms with Gasteiger partial charge in [0.05, 0.1) is 25.4 Å². The number of anilines is 1. The van der Waals surface area contributed by atoms with Gasteiger partial charge in [-0.2, -0.15) is 0 Å². The number of carbonyl (C=O) groups is 1. The Bertz CT molecular complexity index is 799. The average molecular weight is 411 g/mol. The van der Waals surface area contributed by atoms with Crippen molar-refractivity contribution in [1.29, 1.82) is 0 Å². The number of rotatable bonds is 10. The van der Waals surface area contributed by atoms with Crippen molar-refractivity contribution in [1.82, 2.24) is 5.32 Å². The van der Waals surface area contributed by atoms with E-state index in [0.29, 0.717) is 26.3 Å². The fraction of sp³-hybridized carbons (Fsp3) is 0.417. The Morgan fingerprint density at radius 1 is 1.03 bits per heavy atom. The zero-order valence-electron chi connectivity index (χ0n) is 18.4. The maximum atomic E-state index is 13.0. The SMILES string of the molecule is CCCN(C(=O)NC(N)=NCCOCc1ccccc1)c1c(CC)cccc1CC. The molecule has 0 radical (unpaired) electrons. The minimum atomic E-state index is -0.251. The number of carbonyl (C=O) groups excluding carboxylic acids is 1. The number of aryl methyl sites for hydroxylation is 2. The van der Waals surface area contributed by atoms with E-state index in [1.807, 2.05) is 30.3 Å². The molecule has 0 saturated heterocycles. The molecule has 0 saturated carbocycles. The molecule has 0 unspecified atom stereocenters. The minimum Gasteiger partial charge on any atom is -0.375 e. The Kier molecular flexibility index (Phi) is 9.87. The van der Waals surface area contributed by atoms with E-state index in [1.165, 1.54) is 0 Å². The van der Waals surface area contributed by atoms with Gasteiger partial charge in [0.25, 0.3) is 0 Å². The second-order valence-electron chi connectivity index (χ2n) is 7.02. The van der Waals surface area contributed by atoms with E-state index in [-0.39, 0.29) is 12.0 Å². The quantitative estimate of drug-likeness (QED) is 0.349. The molecule has 6 heteroatoms. The van der Waals surface area contributed by atoms with Crippen LogP contribution in [0.4, 0.5) is 10.5 Å². The summed E-state index contributed by atoms with van der Waals surface area (Å²) in [6, 6.07) is 15.9. The van der Waals surface area contributed by atoms with Crippen LogP contribution in [0.3, 0.4) is 0 Å². The third kappa shape index (κ3) is 6.88. The Morgan fingerprint density at radius 3 is 2.30 bits per heavy atom. The molecule has 0 aromatic heterocycles. The number of nitrogens with zero attached hydrogens (tertiary/aromatic N) is 2. The van der Waals surface area contributed by atoms with Gasteiger partial charge in [-0.1, -0.05) is 69.3 Å². The predicted octanol–water partition coefficient (Wildman–Crippen LogP) is 4.27. The summed E-state index contributed by atoms with van der Waals surface area (Å²) in [5.74, 6) is 0.108. The number of nitrogens with two attached hydrogens (primary N) is 1. The number of urea groups is 1. The molecule has 2 rings (SSSR count). The monoisotopic (exact) mass is 410 g/mol. The molecule has 0 atom stereocenters. The van der Waals surface area contributed by atoms with Gasteiger partial charge in [0, 0.05) is 6.54 Å². The molecule has 6 nitrogen and oxygen atoms in total. The number of para-hydroxylation sites is 1. The first-order valence-corrected chi connectivity index (χ1v) is 10.7. The van der Waals surface area contributed by atoms with Crippen LogP contribution in [0.1, 0.15) is 43.9 Å². The standard InChI is InChI=1S/C24H34N4O2/c1-4-16-28(22-20(5-2)13-10-14-21(22)6-3)24(29)27-23(25)26-15-17-30-18-19-11-8-7-9-12-19/h7-14H,4-6,15-18H2,1-3H3,(H3,25,26,27,29). The van der Waals surface area contributed by atoms with Gasteiger partial charge in [0.15, 0.2) is 5.96 Å². The van der Waals surface area contributed by atoms with E-state index in [0.717, 1.165) is 41.6 Å². The van der Waals surface area contributed by atoms with Crippen molar-refractivity contribution in [2.24, 2.45) is 10.7 Å². The van der Waals surface area contributed by atoms with Crippen LogP contribution in [0.5, 0.6) is 0 Å². The Hall–Kier alpha value is -2.86. The van der Waals surface area contributed by atoms with Gasteiger partial charge < -0.3 is 10.5 Å². The summed E-state index contributed by atoms with van der Waals surface area (Å²) in [6.07, 6.45) is 2.57.